The van der Waals surface area contributed by atoms with Crippen LogP contribution in [0.25, 0.3) is 0 Å². The molecule has 3 nitrogen and oxygen atoms in total. The first-order chi connectivity index (χ1) is 9.20. The highest BCUT2D eigenvalue weighted by Crippen LogP contribution is 2.34. The lowest BCUT2D eigenvalue weighted by Gasteiger charge is -2.32. The molecule has 2 N–H and O–H groups in total. The molecule has 1 aromatic rings. The molecule has 106 valence electrons. The highest BCUT2D eigenvalue weighted by atomic mass is 32.1. The first-order valence-electron chi connectivity index (χ1n) is 7.40. The average molecular weight is 279 g/mol. The van der Waals surface area contributed by atoms with Gasteiger partial charge in [-0.05, 0) is 50.2 Å². The standard InChI is InChI=1S/C15H25N3S/c1-11-6-8-19-15(11)14(9-16)18-7-5-12-3-4-13(10-18)17(12)2/h6,8,12-14H,3-5,7,9-10,16H2,1-2H3. The Morgan fingerprint density at radius 2 is 2.16 bits per heavy atom. The van der Waals surface area contributed by atoms with Crippen molar-refractivity contribution in [2.24, 2.45) is 5.73 Å². The van der Waals surface area contributed by atoms with Crippen LogP contribution in [-0.4, -0.2) is 48.6 Å². The van der Waals surface area contributed by atoms with E-state index in [1.807, 2.05) is 11.3 Å². The van der Waals surface area contributed by atoms with Gasteiger partial charge >= 0.3 is 0 Å². The Labute approximate surface area is 120 Å². The summed E-state index contributed by atoms with van der Waals surface area (Å²) in [6.07, 6.45) is 4.05. The summed E-state index contributed by atoms with van der Waals surface area (Å²) in [5.41, 5.74) is 7.50. The first-order valence-corrected chi connectivity index (χ1v) is 8.28. The molecular formula is C15H25N3S. The van der Waals surface area contributed by atoms with E-state index in [9.17, 15) is 0 Å². The predicted molar refractivity (Wildman–Crippen MR) is 81.6 cm³/mol. The molecule has 3 rings (SSSR count). The van der Waals surface area contributed by atoms with Crippen molar-refractivity contribution in [1.82, 2.24) is 9.80 Å². The van der Waals surface area contributed by atoms with E-state index in [0.717, 1.165) is 18.6 Å². The molecule has 0 radical (unpaired) electrons. The zero-order chi connectivity index (χ0) is 13.4. The first kappa shape index (κ1) is 13.6. The predicted octanol–water partition coefficient (Wildman–Crippen LogP) is 2.22. The lowest BCUT2D eigenvalue weighted by atomic mass is 10.0. The van der Waals surface area contributed by atoms with Crippen LogP contribution >= 0.6 is 11.3 Å². The van der Waals surface area contributed by atoms with Crippen molar-refractivity contribution in [2.75, 3.05) is 26.7 Å². The zero-order valence-electron chi connectivity index (χ0n) is 12.0. The van der Waals surface area contributed by atoms with Gasteiger partial charge in [0.05, 0.1) is 6.04 Å². The third kappa shape index (κ3) is 2.47. The highest BCUT2D eigenvalue weighted by Gasteiger charge is 2.36. The smallest absolute Gasteiger partial charge is 0.0567 e. The van der Waals surface area contributed by atoms with Crippen LogP contribution in [0.15, 0.2) is 11.4 Å². The van der Waals surface area contributed by atoms with Gasteiger partial charge in [-0.15, -0.1) is 11.3 Å². The number of nitrogens with zero attached hydrogens (tertiary/aromatic N) is 2. The minimum Gasteiger partial charge on any atom is -0.329 e. The normalized spacial score (nSPS) is 30.5. The molecular weight excluding hydrogens is 254 g/mol. The molecule has 2 aliphatic rings. The molecule has 2 fully saturated rings. The summed E-state index contributed by atoms with van der Waals surface area (Å²) in [5.74, 6) is 0. The van der Waals surface area contributed by atoms with E-state index < -0.39 is 0 Å². The van der Waals surface area contributed by atoms with E-state index in [2.05, 4.69) is 35.2 Å². The molecule has 2 saturated heterocycles. The van der Waals surface area contributed by atoms with Gasteiger partial charge in [0.2, 0.25) is 0 Å². The maximum Gasteiger partial charge on any atom is 0.0567 e. The van der Waals surface area contributed by atoms with Crippen LogP contribution in [-0.2, 0) is 0 Å². The van der Waals surface area contributed by atoms with Crippen molar-refractivity contribution in [1.29, 1.82) is 0 Å². The molecule has 1 aromatic heterocycles. The van der Waals surface area contributed by atoms with Gasteiger partial charge < -0.3 is 5.73 Å². The SMILES string of the molecule is Cc1ccsc1C(CN)N1CCC2CCC(C1)N2C. The summed E-state index contributed by atoms with van der Waals surface area (Å²) in [6.45, 7) is 5.34. The molecule has 3 atom stereocenters. The Kier molecular flexibility index (Phi) is 3.94. The molecule has 4 heteroatoms. The number of rotatable bonds is 3. The van der Waals surface area contributed by atoms with Gasteiger partial charge in [0.15, 0.2) is 0 Å². The molecule has 0 spiro atoms. The maximum atomic E-state index is 6.10. The van der Waals surface area contributed by atoms with E-state index in [1.165, 1.54) is 42.8 Å². The van der Waals surface area contributed by atoms with E-state index in [4.69, 9.17) is 5.73 Å². The van der Waals surface area contributed by atoms with Gasteiger partial charge in [-0.2, -0.15) is 0 Å². The molecule has 3 heterocycles. The van der Waals surface area contributed by atoms with Crippen LogP contribution in [0, 0.1) is 6.92 Å². The van der Waals surface area contributed by atoms with Gasteiger partial charge in [0.1, 0.15) is 0 Å². The molecule has 3 unspecified atom stereocenters. The van der Waals surface area contributed by atoms with Gasteiger partial charge in [0, 0.05) is 36.6 Å². The lowest BCUT2D eigenvalue weighted by molar-refractivity contribution is 0.176. The van der Waals surface area contributed by atoms with Gasteiger partial charge in [-0.3, -0.25) is 9.80 Å². The summed E-state index contributed by atoms with van der Waals surface area (Å²) in [5, 5.41) is 2.20. The van der Waals surface area contributed by atoms with Gasteiger partial charge in [0.25, 0.3) is 0 Å². The molecule has 2 bridgehead atoms. The minimum absolute atomic E-state index is 0.424. The van der Waals surface area contributed by atoms with Crippen molar-refractivity contribution in [3.63, 3.8) is 0 Å². The van der Waals surface area contributed by atoms with Gasteiger partial charge in [-0.1, -0.05) is 0 Å². The summed E-state index contributed by atoms with van der Waals surface area (Å²) in [7, 11) is 2.31. The third-order valence-electron chi connectivity index (χ3n) is 5.05. The van der Waals surface area contributed by atoms with E-state index in [-0.39, 0.29) is 0 Å². The highest BCUT2D eigenvalue weighted by molar-refractivity contribution is 7.10. The summed E-state index contributed by atoms with van der Waals surface area (Å²) in [4.78, 5) is 6.72. The fraction of sp³-hybridized carbons (Fsp3) is 0.733. The fourth-order valence-corrected chi connectivity index (χ4v) is 4.84. The van der Waals surface area contributed by atoms with Crippen molar-refractivity contribution in [3.8, 4) is 0 Å². The Morgan fingerprint density at radius 1 is 1.37 bits per heavy atom. The number of thiophene rings is 1. The fourth-order valence-electron chi connectivity index (χ4n) is 3.77. The second-order valence-electron chi connectivity index (χ2n) is 6.05. The van der Waals surface area contributed by atoms with Crippen LogP contribution in [0.4, 0.5) is 0 Å². The van der Waals surface area contributed by atoms with Crippen LogP contribution < -0.4 is 5.73 Å². The van der Waals surface area contributed by atoms with E-state index in [1.54, 1.807) is 0 Å². The third-order valence-corrected chi connectivity index (χ3v) is 6.17. The molecule has 19 heavy (non-hydrogen) atoms. The van der Waals surface area contributed by atoms with E-state index in [0.29, 0.717) is 6.04 Å². The minimum atomic E-state index is 0.424. The Morgan fingerprint density at radius 3 is 2.84 bits per heavy atom. The second-order valence-corrected chi connectivity index (χ2v) is 7.00. The molecule has 0 saturated carbocycles. The number of hydrogen-bond donors (Lipinski definition) is 1. The largest absolute Gasteiger partial charge is 0.329 e. The van der Waals surface area contributed by atoms with Crippen LogP contribution in [0.2, 0.25) is 0 Å². The van der Waals surface area contributed by atoms with Crippen LogP contribution in [0.5, 0.6) is 0 Å². The van der Waals surface area contributed by atoms with Crippen molar-refractivity contribution < 1.29 is 0 Å². The molecule has 0 aliphatic carbocycles. The van der Waals surface area contributed by atoms with Crippen molar-refractivity contribution in [2.45, 2.75) is 44.3 Å². The van der Waals surface area contributed by atoms with Crippen LogP contribution in [0.3, 0.4) is 0 Å². The number of aryl methyl sites for hydroxylation is 1. The topological polar surface area (TPSA) is 32.5 Å². The van der Waals surface area contributed by atoms with Crippen molar-refractivity contribution in [3.05, 3.63) is 21.9 Å². The average Bonchev–Trinajstić information content (AvgIpc) is 2.89. The van der Waals surface area contributed by atoms with E-state index >= 15 is 0 Å². The van der Waals surface area contributed by atoms with Gasteiger partial charge in [-0.25, -0.2) is 0 Å². The Bertz CT molecular complexity index is 431. The summed E-state index contributed by atoms with van der Waals surface area (Å²) in [6, 6.07) is 4.19. The Balaban J connectivity index is 1.79. The summed E-state index contributed by atoms with van der Waals surface area (Å²) < 4.78 is 0. The number of fused-ring (bicyclic) bond motifs is 2. The lowest BCUT2D eigenvalue weighted by Crippen LogP contribution is -2.40. The second kappa shape index (κ2) is 5.52. The quantitative estimate of drug-likeness (QED) is 0.921. The molecule has 0 aromatic carbocycles. The maximum absolute atomic E-state index is 6.10. The van der Waals surface area contributed by atoms with Crippen molar-refractivity contribution >= 4 is 11.3 Å². The number of nitrogens with two attached hydrogens (primary N) is 1. The monoisotopic (exact) mass is 279 g/mol. The molecule has 2 aliphatic heterocycles. The molecule has 0 amide bonds. The number of likely N-dealkylation sites (N-methyl/N-ethyl adjacent to an activating group) is 1. The Hall–Kier alpha value is -0.420. The number of likely N-dealkylation sites (tertiary alicyclic amines) is 1. The zero-order valence-corrected chi connectivity index (χ0v) is 12.8. The van der Waals surface area contributed by atoms with Crippen LogP contribution in [0.1, 0.15) is 35.7 Å². The summed E-state index contributed by atoms with van der Waals surface area (Å²) >= 11 is 1.87. The number of hydrogen-bond acceptors (Lipinski definition) is 4.